The first-order chi connectivity index (χ1) is 23.5. The minimum atomic E-state index is -0.422. The summed E-state index contributed by atoms with van der Waals surface area (Å²) in [7, 11) is 0. The number of urea groups is 1. The van der Waals surface area contributed by atoms with Crippen LogP contribution in [0.1, 0.15) is 90.0 Å². The molecule has 0 bridgehead atoms. The van der Waals surface area contributed by atoms with Crippen molar-refractivity contribution in [2.24, 2.45) is 5.41 Å². The SMILES string of the molecule is CC1CCCC(C)N1c1nnc2ccc(OC3CC[C@H](NC(=O)N/C(=C/C(=N)C(C)(C)C)Nc4cnn(CCO)c4)c4ccccc43)cn12. The number of allylic oxidation sites excluding steroid dienone is 1. The fourth-order valence-corrected chi connectivity index (χ4v) is 6.70. The van der Waals surface area contributed by atoms with Gasteiger partial charge in [-0.15, -0.1) is 10.2 Å². The van der Waals surface area contributed by atoms with Crippen LogP contribution in [0.3, 0.4) is 0 Å². The third-order valence-electron chi connectivity index (χ3n) is 9.39. The second-order valence-corrected chi connectivity index (χ2v) is 14.2. The van der Waals surface area contributed by atoms with Gasteiger partial charge in [-0.3, -0.25) is 14.4 Å². The number of piperidine rings is 1. The second kappa shape index (κ2) is 14.3. The number of nitrogens with zero attached hydrogens (tertiary/aromatic N) is 6. The van der Waals surface area contributed by atoms with E-state index in [0.29, 0.717) is 48.7 Å². The Kier molecular flexibility index (Phi) is 9.91. The number of aliphatic hydroxyl groups excluding tert-OH is 1. The highest BCUT2D eigenvalue weighted by molar-refractivity contribution is 5.97. The van der Waals surface area contributed by atoms with E-state index in [1.807, 2.05) is 61.7 Å². The minimum absolute atomic E-state index is 0.0381. The Morgan fingerprint density at radius 3 is 2.53 bits per heavy atom. The number of anilines is 2. The molecule has 4 aromatic rings. The molecule has 0 radical (unpaired) electrons. The van der Waals surface area contributed by atoms with Gasteiger partial charge in [0.1, 0.15) is 17.7 Å². The van der Waals surface area contributed by atoms with Crippen LogP contribution < -0.4 is 25.6 Å². The van der Waals surface area contributed by atoms with Crippen molar-refractivity contribution in [3.63, 3.8) is 0 Å². The molecule has 13 heteroatoms. The third kappa shape index (κ3) is 7.72. The number of amides is 2. The summed E-state index contributed by atoms with van der Waals surface area (Å²) in [5.41, 5.74) is 3.36. The summed E-state index contributed by atoms with van der Waals surface area (Å²) < 4.78 is 10.3. The first-order valence-corrected chi connectivity index (χ1v) is 17.2. The number of nitrogens with one attached hydrogen (secondary N) is 4. The van der Waals surface area contributed by atoms with Crippen molar-refractivity contribution >= 4 is 29.0 Å². The van der Waals surface area contributed by atoms with Crippen molar-refractivity contribution in [2.45, 2.75) is 97.5 Å². The van der Waals surface area contributed by atoms with Gasteiger partial charge in [0.2, 0.25) is 5.95 Å². The van der Waals surface area contributed by atoms with E-state index >= 15 is 0 Å². The quantitative estimate of drug-likeness (QED) is 0.130. The van der Waals surface area contributed by atoms with Gasteiger partial charge in [0.25, 0.3) is 0 Å². The molecule has 260 valence electrons. The lowest BCUT2D eigenvalue weighted by Gasteiger charge is -2.39. The van der Waals surface area contributed by atoms with E-state index in [-0.39, 0.29) is 18.8 Å². The van der Waals surface area contributed by atoms with Crippen molar-refractivity contribution < 1.29 is 14.6 Å². The number of carbonyl (C=O) groups excluding carboxylic acids is 1. The zero-order valence-corrected chi connectivity index (χ0v) is 29.0. The van der Waals surface area contributed by atoms with E-state index in [2.05, 4.69) is 56.1 Å². The molecule has 1 fully saturated rings. The Morgan fingerprint density at radius 2 is 1.80 bits per heavy atom. The number of carbonyl (C=O) groups is 1. The molecule has 49 heavy (non-hydrogen) atoms. The summed E-state index contributed by atoms with van der Waals surface area (Å²) in [4.78, 5) is 15.8. The van der Waals surface area contributed by atoms with Crippen molar-refractivity contribution in [3.8, 4) is 5.75 Å². The monoisotopic (exact) mass is 668 g/mol. The molecule has 13 nitrogen and oxygen atoms in total. The van der Waals surface area contributed by atoms with Crippen molar-refractivity contribution in [1.82, 2.24) is 35.0 Å². The van der Waals surface area contributed by atoms with Gasteiger partial charge >= 0.3 is 6.03 Å². The van der Waals surface area contributed by atoms with Gasteiger partial charge in [-0.1, -0.05) is 45.0 Å². The van der Waals surface area contributed by atoms with Gasteiger partial charge in [0.05, 0.1) is 37.3 Å². The largest absolute Gasteiger partial charge is 0.484 e. The van der Waals surface area contributed by atoms with E-state index in [0.717, 1.165) is 41.3 Å². The maximum absolute atomic E-state index is 13.5. The van der Waals surface area contributed by atoms with Gasteiger partial charge in [-0.2, -0.15) is 5.10 Å². The molecule has 0 spiro atoms. The van der Waals surface area contributed by atoms with Gasteiger partial charge in [0, 0.05) is 35.5 Å². The summed E-state index contributed by atoms with van der Waals surface area (Å²) in [6.45, 7) is 10.6. The number of aromatic nitrogens is 5. The zero-order chi connectivity index (χ0) is 34.7. The van der Waals surface area contributed by atoms with Crippen molar-refractivity contribution in [1.29, 1.82) is 5.41 Å². The molecule has 3 unspecified atom stereocenters. The van der Waals surface area contributed by atoms with Gasteiger partial charge < -0.3 is 30.8 Å². The first kappa shape index (κ1) is 34.0. The molecule has 2 aliphatic rings. The highest BCUT2D eigenvalue weighted by atomic mass is 16.5. The Bertz CT molecular complexity index is 1810. The average molecular weight is 669 g/mol. The Hall–Kier alpha value is -4.91. The van der Waals surface area contributed by atoms with Crippen LogP contribution in [0.15, 0.2) is 66.9 Å². The molecule has 1 aliphatic carbocycles. The Labute approximate surface area is 287 Å². The zero-order valence-electron chi connectivity index (χ0n) is 29.0. The minimum Gasteiger partial charge on any atom is -0.484 e. The highest BCUT2D eigenvalue weighted by Gasteiger charge is 2.31. The second-order valence-electron chi connectivity index (χ2n) is 14.2. The molecule has 4 atom stereocenters. The molecule has 6 rings (SSSR count). The average Bonchev–Trinajstić information content (AvgIpc) is 3.68. The number of ether oxygens (including phenoxy) is 1. The normalized spacial score (nSPS) is 21.3. The summed E-state index contributed by atoms with van der Waals surface area (Å²) in [6, 6.07) is 12.1. The van der Waals surface area contributed by atoms with Crippen LogP contribution in [-0.4, -0.2) is 59.9 Å². The number of rotatable bonds is 10. The summed E-state index contributed by atoms with van der Waals surface area (Å²) >= 11 is 0. The van der Waals surface area contributed by atoms with Crippen LogP contribution in [0.4, 0.5) is 16.4 Å². The third-order valence-corrected chi connectivity index (χ3v) is 9.39. The van der Waals surface area contributed by atoms with Crippen LogP contribution >= 0.6 is 0 Å². The van der Waals surface area contributed by atoms with Crippen LogP contribution in [0.25, 0.3) is 5.65 Å². The predicted molar refractivity (Wildman–Crippen MR) is 190 cm³/mol. The van der Waals surface area contributed by atoms with Crippen LogP contribution in [0, 0.1) is 10.8 Å². The molecule has 0 saturated carbocycles. The van der Waals surface area contributed by atoms with Crippen LogP contribution in [0.5, 0.6) is 5.75 Å². The summed E-state index contributed by atoms with van der Waals surface area (Å²) in [5.74, 6) is 1.93. The molecular weight excluding hydrogens is 620 g/mol. The van der Waals surface area contributed by atoms with E-state index in [9.17, 15) is 9.90 Å². The number of aliphatic hydroxyl groups is 1. The molecule has 4 heterocycles. The van der Waals surface area contributed by atoms with E-state index < -0.39 is 11.4 Å². The first-order valence-electron chi connectivity index (χ1n) is 17.2. The van der Waals surface area contributed by atoms with Gasteiger partial charge in [-0.25, -0.2) is 4.79 Å². The lowest BCUT2D eigenvalue weighted by atomic mass is 9.85. The van der Waals surface area contributed by atoms with Crippen molar-refractivity contribution in [2.75, 3.05) is 16.8 Å². The number of fused-ring (bicyclic) bond motifs is 2. The number of benzene rings is 1. The summed E-state index contributed by atoms with van der Waals surface area (Å²) in [6.07, 6.45) is 11.6. The topological polar surface area (TPSA) is 158 Å². The van der Waals surface area contributed by atoms with E-state index in [4.69, 9.17) is 10.1 Å². The predicted octanol–water partition coefficient (Wildman–Crippen LogP) is 5.96. The van der Waals surface area contributed by atoms with Crippen molar-refractivity contribution in [3.05, 3.63) is 78.0 Å². The molecule has 3 aromatic heterocycles. The maximum atomic E-state index is 13.5. The van der Waals surface area contributed by atoms with Crippen LogP contribution in [0.2, 0.25) is 0 Å². The fourth-order valence-electron chi connectivity index (χ4n) is 6.70. The number of pyridine rings is 1. The smallest absolute Gasteiger partial charge is 0.320 e. The Balaban J connectivity index is 1.17. The van der Waals surface area contributed by atoms with Gasteiger partial charge in [-0.05, 0) is 69.2 Å². The number of hydrogen-bond acceptors (Lipinski definition) is 9. The molecular formula is C36H48N10O3. The molecule has 5 N–H and O–H groups in total. The molecule has 1 saturated heterocycles. The molecule has 1 aliphatic heterocycles. The van der Waals surface area contributed by atoms with E-state index in [1.54, 1.807) is 23.2 Å². The lowest BCUT2D eigenvalue weighted by molar-refractivity contribution is 0.171. The Morgan fingerprint density at radius 1 is 1.04 bits per heavy atom. The van der Waals surface area contributed by atoms with Gasteiger partial charge in [0.15, 0.2) is 5.65 Å². The number of hydrogen-bond donors (Lipinski definition) is 5. The lowest BCUT2D eigenvalue weighted by Crippen LogP contribution is -2.44. The molecule has 2 amide bonds. The van der Waals surface area contributed by atoms with Crippen LogP contribution in [-0.2, 0) is 6.54 Å². The highest BCUT2D eigenvalue weighted by Crippen LogP contribution is 2.39. The molecule has 1 aromatic carbocycles. The summed E-state index contributed by atoms with van der Waals surface area (Å²) in [5, 5.41) is 40.3. The standard InChI is InChI=1S/C36H48N10O3/c1-23-9-8-10-24(2)46(23)35-43-42-33-16-13-26(22-45(33)35)49-30-15-14-29(27-11-6-7-12-28(27)30)40-34(48)41-32(19-31(37)36(3,4)5)39-25-20-38-44(21-25)17-18-47/h6-7,11-13,16,19-24,29-30,37,39,47H,8-10,14-15,17-18H2,1-5H3,(H2,40,41,48)/b32-19+,37-31?/t23?,24?,29-,30?/m0/s1. The van der Waals surface area contributed by atoms with E-state index in [1.165, 1.54) is 6.42 Å². The fraction of sp³-hybridized carbons (Fsp3) is 0.472. The maximum Gasteiger partial charge on any atom is 0.320 e.